The summed E-state index contributed by atoms with van der Waals surface area (Å²) in [6.07, 6.45) is 5.38. The predicted octanol–water partition coefficient (Wildman–Crippen LogP) is 2.28. The molecule has 2 amide bonds. The number of amidine groups is 1. The molecule has 1 aromatic carbocycles. The van der Waals surface area contributed by atoms with Gasteiger partial charge in [-0.05, 0) is 30.2 Å². The van der Waals surface area contributed by atoms with Crippen LogP contribution in [0.4, 0.5) is 0 Å². The van der Waals surface area contributed by atoms with E-state index in [-0.39, 0.29) is 23.6 Å². The number of nitrogens with zero attached hydrogens (tertiary/aromatic N) is 1. The molecular weight excluding hydrogens is 408 g/mol. The van der Waals surface area contributed by atoms with Crippen LogP contribution < -0.4 is 11.1 Å². The number of nitrogen functional groups attached to an aromatic ring is 1. The lowest BCUT2D eigenvalue weighted by atomic mass is 9.73. The number of amides is 2. The van der Waals surface area contributed by atoms with Crippen LogP contribution in [-0.4, -0.2) is 45.7 Å². The quantitative estimate of drug-likeness (QED) is 0.304. The number of benzene rings is 1. The highest BCUT2D eigenvalue weighted by atomic mass is 16.4. The zero-order chi connectivity index (χ0) is 23.2. The number of hydrogen-bond donors (Lipinski definition) is 4. The summed E-state index contributed by atoms with van der Waals surface area (Å²) < 4.78 is 0. The summed E-state index contributed by atoms with van der Waals surface area (Å²) in [5, 5.41) is 21.1. The average molecular weight is 441 g/mol. The van der Waals surface area contributed by atoms with Crippen molar-refractivity contribution in [2.24, 2.45) is 29.4 Å². The Morgan fingerprint density at radius 2 is 1.81 bits per heavy atom. The van der Waals surface area contributed by atoms with Gasteiger partial charge in [-0.1, -0.05) is 57.4 Å². The van der Waals surface area contributed by atoms with Crippen molar-refractivity contribution >= 4 is 23.6 Å². The molecule has 4 unspecified atom stereocenters. The van der Waals surface area contributed by atoms with Gasteiger partial charge in [-0.3, -0.25) is 30.0 Å². The van der Waals surface area contributed by atoms with Gasteiger partial charge in [-0.25, -0.2) is 0 Å². The lowest BCUT2D eigenvalue weighted by molar-refractivity contribution is -0.154. The molecule has 1 aliphatic carbocycles. The highest BCUT2D eigenvalue weighted by molar-refractivity contribution is 6.09. The van der Waals surface area contributed by atoms with E-state index in [2.05, 4.69) is 5.32 Å². The fourth-order valence-corrected chi connectivity index (χ4v) is 5.94. The second-order valence-corrected chi connectivity index (χ2v) is 9.78. The Morgan fingerprint density at radius 1 is 1.19 bits per heavy atom. The largest absolute Gasteiger partial charge is 0.480 e. The number of carboxylic acid groups (broad SMARTS) is 1. The van der Waals surface area contributed by atoms with Gasteiger partial charge < -0.3 is 10.8 Å². The van der Waals surface area contributed by atoms with Gasteiger partial charge in [0.15, 0.2) is 0 Å². The molecule has 4 atom stereocenters. The molecule has 3 aliphatic rings. The monoisotopic (exact) mass is 440 g/mol. The molecule has 0 bridgehead atoms. The Balaban J connectivity index is 1.73. The van der Waals surface area contributed by atoms with Crippen LogP contribution in [0, 0.1) is 29.1 Å². The molecule has 5 N–H and O–H groups in total. The molecule has 4 rings (SSSR count). The Bertz CT molecular complexity index is 938. The van der Waals surface area contributed by atoms with Crippen LogP contribution in [0.1, 0.15) is 63.1 Å². The molecule has 1 saturated carbocycles. The molecule has 2 heterocycles. The minimum Gasteiger partial charge on any atom is -0.480 e. The van der Waals surface area contributed by atoms with Crippen molar-refractivity contribution in [3.05, 3.63) is 35.4 Å². The van der Waals surface area contributed by atoms with Gasteiger partial charge in [0, 0.05) is 18.2 Å². The van der Waals surface area contributed by atoms with Crippen LogP contribution in [0.25, 0.3) is 0 Å². The first-order valence-corrected chi connectivity index (χ1v) is 11.5. The normalized spacial score (nSPS) is 30.7. The molecule has 8 heteroatoms. The summed E-state index contributed by atoms with van der Waals surface area (Å²) >= 11 is 0. The van der Waals surface area contributed by atoms with Gasteiger partial charge in [0.1, 0.15) is 11.4 Å². The summed E-state index contributed by atoms with van der Waals surface area (Å²) in [7, 11) is 0. The van der Waals surface area contributed by atoms with Crippen molar-refractivity contribution in [1.82, 2.24) is 10.2 Å². The second kappa shape index (κ2) is 8.31. The van der Waals surface area contributed by atoms with Gasteiger partial charge in [0.2, 0.25) is 11.8 Å². The third-order valence-corrected chi connectivity index (χ3v) is 7.70. The van der Waals surface area contributed by atoms with Crippen LogP contribution in [0.15, 0.2) is 24.3 Å². The molecular formula is C24H32N4O4. The number of nitrogens with one attached hydrogen (secondary N) is 2. The molecule has 0 radical (unpaired) electrons. The molecule has 2 aliphatic heterocycles. The van der Waals surface area contributed by atoms with E-state index in [1.54, 1.807) is 38.1 Å². The fraction of sp³-hybridized carbons (Fsp3) is 0.583. The number of likely N-dealkylation sites (tertiary alicyclic amines) is 1. The van der Waals surface area contributed by atoms with E-state index >= 15 is 0 Å². The minimum absolute atomic E-state index is 0.0679. The average Bonchev–Trinajstić information content (AvgIpc) is 3.25. The van der Waals surface area contributed by atoms with E-state index in [1.165, 1.54) is 11.3 Å². The van der Waals surface area contributed by atoms with E-state index in [1.807, 2.05) is 0 Å². The van der Waals surface area contributed by atoms with Gasteiger partial charge in [0.25, 0.3) is 0 Å². The van der Waals surface area contributed by atoms with Gasteiger partial charge in [0.05, 0.1) is 11.8 Å². The van der Waals surface area contributed by atoms with Crippen LogP contribution >= 0.6 is 0 Å². The standard InChI is InChI=1S/C24H32N4O4/c1-13(2)24(23(31)32)18-17(19(27-24)15-8-10-16(11-9-15)20(25)26)21(29)28(22(18)30)12-14-6-4-3-5-7-14/h8-11,13-14,17-19,27H,3-7,12H2,1-2H3,(H3,25,26)(H,31,32). The summed E-state index contributed by atoms with van der Waals surface area (Å²) in [6.45, 7) is 3.94. The number of rotatable bonds is 6. The Hall–Kier alpha value is -2.74. The van der Waals surface area contributed by atoms with Crippen molar-refractivity contribution in [3.8, 4) is 0 Å². The third-order valence-electron chi connectivity index (χ3n) is 7.70. The molecule has 1 aromatic rings. The van der Waals surface area contributed by atoms with E-state index < -0.39 is 35.3 Å². The van der Waals surface area contributed by atoms with Crippen molar-refractivity contribution in [3.63, 3.8) is 0 Å². The smallest absolute Gasteiger partial charge is 0.325 e. The first kappa shape index (κ1) is 22.5. The zero-order valence-electron chi connectivity index (χ0n) is 18.6. The van der Waals surface area contributed by atoms with Crippen molar-refractivity contribution in [2.45, 2.75) is 57.5 Å². The van der Waals surface area contributed by atoms with E-state index in [4.69, 9.17) is 11.1 Å². The molecule has 0 aromatic heterocycles. The van der Waals surface area contributed by atoms with Gasteiger partial charge in [-0.15, -0.1) is 0 Å². The number of fused-ring (bicyclic) bond motifs is 1. The maximum absolute atomic E-state index is 13.6. The van der Waals surface area contributed by atoms with Crippen LogP contribution in [0.5, 0.6) is 0 Å². The Kier molecular flexibility index (Phi) is 5.83. The predicted molar refractivity (Wildman–Crippen MR) is 119 cm³/mol. The van der Waals surface area contributed by atoms with Crippen molar-refractivity contribution in [2.75, 3.05) is 6.54 Å². The van der Waals surface area contributed by atoms with Crippen LogP contribution in [-0.2, 0) is 14.4 Å². The summed E-state index contributed by atoms with van der Waals surface area (Å²) in [5.74, 6) is -3.65. The highest BCUT2D eigenvalue weighted by Crippen LogP contribution is 2.51. The SMILES string of the molecule is CC(C)C1(C(=O)O)NC(c2ccc(C(=N)N)cc2)C2C(=O)N(CC3CCCCC3)C(=O)C21. The van der Waals surface area contributed by atoms with E-state index in [0.29, 0.717) is 12.1 Å². The zero-order valence-corrected chi connectivity index (χ0v) is 18.6. The second-order valence-electron chi connectivity index (χ2n) is 9.78. The number of imide groups is 1. The summed E-state index contributed by atoms with van der Waals surface area (Å²) in [6, 6.07) is 6.28. The number of carboxylic acids is 1. The lowest BCUT2D eigenvalue weighted by Crippen LogP contribution is -2.59. The van der Waals surface area contributed by atoms with E-state index in [9.17, 15) is 19.5 Å². The number of carbonyl (C=O) groups is 3. The minimum atomic E-state index is -1.53. The first-order valence-electron chi connectivity index (χ1n) is 11.5. The summed E-state index contributed by atoms with van der Waals surface area (Å²) in [4.78, 5) is 41.1. The molecule has 2 saturated heterocycles. The van der Waals surface area contributed by atoms with Gasteiger partial charge >= 0.3 is 5.97 Å². The van der Waals surface area contributed by atoms with Crippen molar-refractivity contribution in [1.29, 1.82) is 5.41 Å². The van der Waals surface area contributed by atoms with Crippen LogP contribution in [0.2, 0.25) is 0 Å². The number of nitrogens with two attached hydrogens (primary N) is 1. The Labute approximate surface area is 188 Å². The van der Waals surface area contributed by atoms with Crippen LogP contribution in [0.3, 0.4) is 0 Å². The third kappa shape index (κ3) is 3.41. The molecule has 8 nitrogen and oxygen atoms in total. The topological polar surface area (TPSA) is 137 Å². The number of aliphatic carboxylic acids is 1. The van der Waals surface area contributed by atoms with Crippen molar-refractivity contribution < 1.29 is 19.5 Å². The maximum Gasteiger partial charge on any atom is 0.325 e. The number of carbonyl (C=O) groups excluding carboxylic acids is 2. The lowest BCUT2D eigenvalue weighted by Gasteiger charge is -2.35. The Morgan fingerprint density at radius 3 is 2.34 bits per heavy atom. The molecule has 0 spiro atoms. The first-order chi connectivity index (χ1) is 15.2. The molecule has 172 valence electrons. The fourth-order valence-electron chi connectivity index (χ4n) is 5.94. The van der Waals surface area contributed by atoms with E-state index in [0.717, 1.165) is 31.2 Å². The summed E-state index contributed by atoms with van der Waals surface area (Å²) in [5.41, 5.74) is 5.29. The van der Waals surface area contributed by atoms with Gasteiger partial charge in [-0.2, -0.15) is 0 Å². The maximum atomic E-state index is 13.6. The highest BCUT2D eigenvalue weighted by Gasteiger charge is 2.69. The molecule has 3 fully saturated rings. The molecule has 32 heavy (non-hydrogen) atoms. The number of hydrogen-bond acceptors (Lipinski definition) is 5.